The summed E-state index contributed by atoms with van der Waals surface area (Å²) < 4.78 is 0. The van der Waals surface area contributed by atoms with Gasteiger partial charge >= 0.3 is 0 Å². The molecule has 0 saturated heterocycles. The monoisotopic (exact) mass is 236 g/mol. The van der Waals surface area contributed by atoms with Crippen LogP contribution in [0, 0.1) is 19.3 Å². The fraction of sp³-hybridized carbons (Fsp3) is 0.333. The molecule has 1 amide bonds. The van der Waals surface area contributed by atoms with E-state index in [0.29, 0.717) is 10.6 Å². The Balaban J connectivity index is 2.95. The first-order valence-corrected chi connectivity index (χ1v) is 5.16. The van der Waals surface area contributed by atoms with E-state index in [1.54, 1.807) is 26.8 Å². The van der Waals surface area contributed by atoms with Gasteiger partial charge in [0, 0.05) is 11.9 Å². The Morgan fingerprint density at radius 2 is 2.25 bits per heavy atom. The number of nitrogens with zero attached hydrogens (tertiary/aromatic N) is 1. The standard InChI is InChI=1S/C12H13ClN2O/c1-5-12(3,4)15-11(16)9-7-14-8(2)6-10(9)13/h1,6-7H,2-4H3,(H,15,16). The lowest BCUT2D eigenvalue weighted by Crippen LogP contribution is -2.42. The average Bonchev–Trinajstić information content (AvgIpc) is 2.16. The first-order valence-electron chi connectivity index (χ1n) is 4.78. The zero-order valence-corrected chi connectivity index (χ0v) is 10.2. The van der Waals surface area contributed by atoms with Crippen LogP contribution in [0.5, 0.6) is 0 Å². The van der Waals surface area contributed by atoms with Gasteiger partial charge in [-0.1, -0.05) is 17.5 Å². The summed E-state index contributed by atoms with van der Waals surface area (Å²) in [6.07, 6.45) is 6.73. The molecule has 0 aliphatic rings. The normalized spacial score (nSPS) is 10.7. The Hall–Kier alpha value is -1.53. The Morgan fingerprint density at radius 3 is 2.75 bits per heavy atom. The second kappa shape index (κ2) is 4.54. The van der Waals surface area contributed by atoms with E-state index in [0.717, 1.165) is 5.69 Å². The number of hydrogen-bond donors (Lipinski definition) is 1. The molecule has 1 aromatic heterocycles. The molecule has 1 aromatic rings. The highest BCUT2D eigenvalue weighted by atomic mass is 35.5. The summed E-state index contributed by atoms with van der Waals surface area (Å²) in [5, 5.41) is 3.06. The number of amides is 1. The van der Waals surface area contributed by atoms with Gasteiger partial charge in [0.1, 0.15) is 0 Å². The van der Waals surface area contributed by atoms with Crippen LogP contribution in [0.25, 0.3) is 0 Å². The van der Waals surface area contributed by atoms with Crippen molar-refractivity contribution in [2.45, 2.75) is 26.3 Å². The van der Waals surface area contributed by atoms with Crippen LogP contribution in [0.3, 0.4) is 0 Å². The third-order valence-electron chi connectivity index (χ3n) is 2.02. The van der Waals surface area contributed by atoms with Gasteiger partial charge in [-0.3, -0.25) is 9.78 Å². The van der Waals surface area contributed by atoms with E-state index in [1.807, 2.05) is 0 Å². The molecule has 0 fully saturated rings. The molecule has 0 saturated carbocycles. The molecule has 3 nitrogen and oxygen atoms in total. The van der Waals surface area contributed by atoms with Gasteiger partial charge in [0.05, 0.1) is 16.1 Å². The fourth-order valence-electron chi connectivity index (χ4n) is 1.08. The molecule has 1 N–H and O–H groups in total. The minimum atomic E-state index is -0.703. The molecule has 0 aliphatic heterocycles. The first-order chi connectivity index (χ1) is 7.35. The van der Waals surface area contributed by atoms with E-state index in [1.165, 1.54) is 6.20 Å². The number of pyridine rings is 1. The van der Waals surface area contributed by atoms with Crippen molar-refractivity contribution >= 4 is 17.5 Å². The molecule has 0 aliphatic carbocycles. The van der Waals surface area contributed by atoms with Gasteiger partial charge in [-0.05, 0) is 26.8 Å². The maximum Gasteiger partial charge on any atom is 0.255 e. The van der Waals surface area contributed by atoms with Gasteiger partial charge in [0.15, 0.2) is 0 Å². The Labute approximate surface area is 100 Å². The average molecular weight is 237 g/mol. The number of carbonyl (C=O) groups excluding carboxylic acids is 1. The number of rotatable bonds is 2. The van der Waals surface area contributed by atoms with Crippen LogP contribution in [0.2, 0.25) is 5.02 Å². The third-order valence-corrected chi connectivity index (χ3v) is 2.33. The van der Waals surface area contributed by atoms with Crippen molar-refractivity contribution in [2.24, 2.45) is 0 Å². The summed E-state index contributed by atoms with van der Waals surface area (Å²) in [4.78, 5) is 15.8. The third kappa shape index (κ3) is 2.98. The van der Waals surface area contributed by atoms with Crippen molar-refractivity contribution in [3.05, 3.63) is 28.5 Å². The largest absolute Gasteiger partial charge is 0.336 e. The van der Waals surface area contributed by atoms with Crippen LogP contribution in [0.4, 0.5) is 0 Å². The minimum absolute atomic E-state index is 0.319. The van der Waals surface area contributed by atoms with Crippen LogP contribution in [0.1, 0.15) is 29.9 Å². The predicted octanol–water partition coefficient (Wildman–Crippen LogP) is 2.19. The maximum atomic E-state index is 11.8. The Morgan fingerprint density at radius 1 is 1.62 bits per heavy atom. The molecule has 0 bridgehead atoms. The number of aromatic nitrogens is 1. The summed E-state index contributed by atoms with van der Waals surface area (Å²) in [5.41, 5.74) is 0.388. The Kier molecular flexibility index (Phi) is 3.56. The molecule has 84 valence electrons. The number of aryl methyl sites for hydroxylation is 1. The zero-order chi connectivity index (χ0) is 12.3. The van der Waals surface area contributed by atoms with Crippen molar-refractivity contribution in [3.63, 3.8) is 0 Å². The number of carbonyl (C=O) groups is 1. The molecule has 1 rings (SSSR count). The van der Waals surface area contributed by atoms with Crippen LogP contribution in [0.15, 0.2) is 12.3 Å². The van der Waals surface area contributed by atoms with Gasteiger partial charge in [-0.25, -0.2) is 0 Å². The van der Waals surface area contributed by atoms with Gasteiger partial charge < -0.3 is 5.32 Å². The second-order valence-electron chi connectivity index (χ2n) is 4.03. The summed E-state index contributed by atoms with van der Waals surface area (Å²) >= 11 is 5.94. The molecular weight excluding hydrogens is 224 g/mol. The Bertz CT molecular complexity index is 461. The van der Waals surface area contributed by atoms with E-state index >= 15 is 0 Å². The lowest BCUT2D eigenvalue weighted by atomic mass is 10.1. The zero-order valence-electron chi connectivity index (χ0n) is 9.47. The lowest BCUT2D eigenvalue weighted by Gasteiger charge is -2.19. The molecule has 16 heavy (non-hydrogen) atoms. The van der Waals surface area contributed by atoms with E-state index in [4.69, 9.17) is 18.0 Å². The van der Waals surface area contributed by atoms with Crippen LogP contribution >= 0.6 is 11.6 Å². The molecule has 0 aromatic carbocycles. The molecule has 1 heterocycles. The van der Waals surface area contributed by atoms with Crippen LogP contribution in [-0.4, -0.2) is 16.4 Å². The minimum Gasteiger partial charge on any atom is -0.336 e. The van der Waals surface area contributed by atoms with Gasteiger partial charge in [-0.2, -0.15) is 0 Å². The molecule has 0 atom stereocenters. The van der Waals surface area contributed by atoms with Gasteiger partial charge in [0.2, 0.25) is 0 Å². The van der Waals surface area contributed by atoms with Crippen molar-refractivity contribution in [3.8, 4) is 12.3 Å². The summed E-state index contributed by atoms with van der Waals surface area (Å²) in [5.74, 6) is 2.16. The summed E-state index contributed by atoms with van der Waals surface area (Å²) in [6.45, 7) is 5.28. The second-order valence-corrected chi connectivity index (χ2v) is 4.44. The molecule has 4 heteroatoms. The molecular formula is C12H13ClN2O. The first kappa shape index (κ1) is 12.5. The van der Waals surface area contributed by atoms with Crippen LogP contribution in [-0.2, 0) is 0 Å². The highest BCUT2D eigenvalue weighted by Crippen LogP contribution is 2.16. The molecule has 0 spiro atoms. The van der Waals surface area contributed by atoms with E-state index in [2.05, 4.69) is 16.2 Å². The van der Waals surface area contributed by atoms with E-state index < -0.39 is 5.54 Å². The highest BCUT2D eigenvalue weighted by molar-refractivity contribution is 6.33. The van der Waals surface area contributed by atoms with Crippen molar-refractivity contribution < 1.29 is 4.79 Å². The maximum absolute atomic E-state index is 11.8. The van der Waals surface area contributed by atoms with Crippen molar-refractivity contribution in [2.75, 3.05) is 0 Å². The quantitative estimate of drug-likeness (QED) is 0.800. The van der Waals surface area contributed by atoms with Crippen LogP contribution < -0.4 is 5.32 Å². The van der Waals surface area contributed by atoms with Gasteiger partial charge in [0.25, 0.3) is 5.91 Å². The lowest BCUT2D eigenvalue weighted by molar-refractivity contribution is 0.0929. The molecule has 0 unspecified atom stereocenters. The number of terminal acetylenes is 1. The molecule has 0 radical (unpaired) electrons. The van der Waals surface area contributed by atoms with Crippen molar-refractivity contribution in [1.82, 2.24) is 10.3 Å². The number of halogens is 1. The number of nitrogens with one attached hydrogen (secondary N) is 1. The number of hydrogen-bond acceptors (Lipinski definition) is 2. The van der Waals surface area contributed by atoms with E-state index in [9.17, 15) is 4.79 Å². The van der Waals surface area contributed by atoms with E-state index in [-0.39, 0.29) is 5.91 Å². The highest BCUT2D eigenvalue weighted by Gasteiger charge is 2.19. The van der Waals surface area contributed by atoms with Crippen molar-refractivity contribution in [1.29, 1.82) is 0 Å². The fourth-order valence-corrected chi connectivity index (χ4v) is 1.37. The smallest absolute Gasteiger partial charge is 0.255 e. The summed E-state index contributed by atoms with van der Waals surface area (Å²) in [7, 11) is 0. The topological polar surface area (TPSA) is 42.0 Å². The van der Waals surface area contributed by atoms with Gasteiger partial charge in [-0.15, -0.1) is 6.42 Å². The SMILES string of the molecule is C#CC(C)(C)NC(=O)c1cnc(C)cc1Cl. The summed E-state index contributed by atoms with van der Waals surface area (Å²) in [6, 6.07) is 1.64. The predicted molar refractivity (Wildman–Crippen MR) is 64.4 cm³/mol.